The monoisotopic (exact) mass is 425 g/mol. The van der Waals surface area contributed by atoms with E-state index in [9.17, 15) is 24.8 Å². The Morgan fingerprint density at radius 3 is 2.57 bits per heavy atom. The highest BCUT2D eigenvalue weighted by Gasteiger charge is 2.16. The number of hydrogen-bond donors (Lipinski definition) is 3. The fourth-order valence-corrected chi connectivity index (χ4v) is 2.91. The molecule has 0 radical (unpaired) electrons. The van der Waals surface area contributed by atoms with Crippen molar-refractivity contribution in [2.45, 2.75) is 6.92 Å². The number of thiocarbonyl (C=S) groups is 1. The SMILES string of the molecule is Cc1c(NC(=S)NC(=O)c2ccc(-c3cccc([N+](=O)[O-])c3)o2)cccc1C(=O)O. The molecule has 152 valence electrons. The van der Waals surface area contributed by atoms with Gasteiger partial charge in [0.2, 0.25) is 0 Å². The zero-order valence-electron chi connectivity index (χ0n) is 15.5. The predicted octanol–water partition coefficient (Wildman–Crippen LogP) is 3.99. The first kappa shape index (κ1) is 20.7. The Morgan fingerprint density at radius 2 is 1.87 bits per heavy atom. The molecule has 0 aliphatic rings. The summed E-state index contributed by atoms with van der Waals surface area (Å²) in [4.78, 5) is 34.0. The summed E-state index contributed by atoms with van der Waals surface area (Å²) < 4.78 is 5.49. The van der Waals surface area contributed by atoms with Gasteiger partial charge in [0.1, 0.15) is 5.76 Å². The first-order valence-electron chi connectivity index (χ1n) is 8.56. The van der Waals surface area contributed by atoms with E-state index in [0.717, 1.165) is 0 Å². The summed E-state index contributed by atoms with van der Waals surface area (Å²) in [5.74, 6) is -1.46. The molecule has 0 aliphatic heterocycles. The fraction of sp³-hybridized carbons (Fsp3) is 0.0500. The van der Waals surface area contributed by atoms with E-state index in [4.69, 9.17) is 16.6 Å². The normalized spacial score (nSPS) is 10.3. The maximum absolute atomic E-state index is 12.4. The molecule has 0 saturated carbocycles. The molecule has 3 aromatic rings. The van der Waals surface area contributed by atoms with Gasteiger partial charge in [-0.15, -0.1) is 0 Å². The number of hydrogen-bond acceptors (Lipinski definition) is 6. The van der Waals surface area contributed by atoms with Crippen molar-refractivity contribution in [3.8, 4) is 11.3 Å². The number of aromatic carboxylic acids is 1. The summed E-state index contributed by atoms with van der Waals surface area (Å²) in [5, 5.41) is 25.3. The van der Waals surface area contributed by atoms with Crippen molar-refractivity contribution in [2.24, 2.45) is 0 Å². The third-order valence-electron chi connectivity index (χ3n) is 4.21. The molecule has 0 aliphatic carbocycles. The second kappa shape index (κ2) is 8.53. The number of nitro groups is 1. The number of nitrogens with zero attached hydrogens (tertiary/aromatic N) is 1. The van der Waals surface area contributed by atoms with Crippen LogP contribution >= 0.6 is 12.2 Å². The van der Waals surface area contributed by atoms with Crippen LogP contribution in [0.2, 0.25) is 0 Å². The molecule has 9 nitrogen and oxygen atoms in total. The Morgan fingerprint density at radius 1 is 1.13 bits per heavy atom. The number of anilines is 1. The molecule has 1 heterocycles. The number of non-ortho nitro benzene ring substituents is 1. The van der Waals surface area contributed by atoms with Crippen LogP contribution in [0.1, 0.15) is 26.5 Å². The highest BCUT2D eigenvalue weighted by atomic mass is 32.1. The summed E-state index contributed by atoms with van der Waals surface area (Å²) in [6.45, 7) is 1.62. The highest BCUT2D eigenvalue weighted by molar-refractivity contribution is 7.80. The number of benzene rings is 2. The lowest BCUT2D eigenvalue weighted by Crippen LogP contribution is -2.34. The van der Waals surface area contributed by atoms with Crippen LogP contribution in [0, 0.1) is 17.0 Å². The lowest BCUT2D eigenvalue weighted by Gasteiger charge is -2.12. The largest absolute Gasteiger partial charge is 0.478 e. The third-order valence-corrected chi connectivity index (χ3v) is 4.41. The molecule has 3 rings (SSSR count). The van der Waals surface area contributed by atoms with Crippen molar-refractivity contribution < 1.29 is 24.0 Å². The van der Waals surface area contributed by atoms with Gasteiger partial charge in [0, 0.05) is 23.4 Å². The summed E-state index contributed by atoms with van der Waals surface area (Å²) in [6.07, 6.45) is 0. The lowest BCUT2D eigenvalue weighted by molar-refractivity contribution is -0.384. The summed E-state index contributed by atoms with van der Waals surface area (Å²) >= 11 is 5.12. The molecule has 3 N–H and O–H groups in total. The number of carboxylic acid groups (broad SMARTS) is 1. The van der Waals surface area contributed by atoms with Crippen LogP contribution in [0.4, 0.5) is 11.4 Å². The van der Waals surface area contributed by atoms with E-state index in [0.29, 0.717) is 16.8 Å². The number of nitrogens with one attached hydrogen (secondary N) is 2. The molecule has 2 aromatic carbocycles. The van der Waals surface area contributed by atoms with Gasteiger partial charge in [-0.3, -0.25) is 20.2 Å². The molecular formula is C20H15N3O6S. The van der Waals surface area contributed by atoms with Gasteiger partial charge in [-0.2, -0.15) is 0 Å². The Kier molecular flexibility index (Phi) is 5.88. The Bertz CT molecular complexity index is 1170. The van der Waals surface area contributed by atoms with Crippen molar-refractivity contribution in [3.63, 3.8) is 0 Å². The molecule has 30 heavy (non-hydrogen) atoms. The van der Waals surface area contributed by atoms with Gasteiger partial charge >= 0.3 is 5.97 Å². The molecule has 0 fully saturated rings. The first-order valence-corrected chi connectivity index (χ1v) is 8.97. The zero-order valence-corrected chi connectivity index (χ0v) is 16.4. The van der Waals surface area contributed by atoms with E-state index < -0.39 is 16.8 Å². The first-order chi connectivity index (χ1) is 14.3. The van der Waals surface area contributed by atoms with E-state index in [2.05, 4.69) is 10.6 Å². The van der Waals surface area contributed by atoms with E-state index in [1.165, 1.54) is 36.4 Å². The molecule has 0 spiro atoms. The smallest absolute Gasteiger partial charge is 0.336 e. The van der Waals surface area contributed by atoms with E-state index in [1.807, 2.05) is 0 Å². The van der Waals surface area contributed by atoms with Gasteiger partial charge < -0.3 is 14.8 Å². The topological polar surface area (TPSA) is 135 Å². The number of furan rings is 1. The summed E-state index contributed by atoms with van der Waals surface area (Å²) in [6, 6.07) is 13.4. The second-order valence-electron chi connectivity index (χ2n) is 6.16. The van der Waals surface area contributed by atoms with Gasteiger partial charge in [0.05, 0.1) is 10.5 Å². The second-order valence-corrected chi connectivity index (χ2v) is 6.57. The van der Waals surface area contributed by atoms with Crippen molar-refractivity contribution >= 4 is 40.6 Å². The molecule has 0 unspecified atom stereocenters. The van der Waals surface area contributed by atoms with Crippen LogP contribution in [0.25, 0.3) is 11.3 Å². The number of carbonyl (C=O) groups excluding carboxylic acids is 1. The molecule has 0 bridgehead atoms. The third kappa shape index (κ3) is 4.50. The van der Waals surface area contributed by atoms with Crippen molar-refractivity contribution in [1.82, 2.24) is 5.32 Å². The van der Waals surface area contributed by atoms with Gasteiger partial charge in [0.15, 0.2) is 10.9 Å². The molecule has 1 amide bonds. The van der Waals surface area contributed by atoms with Crippen LogP contribution < -0.4 is 10.6 Å². The number of carboxylic acids is 1. The van der Waals surface area contributed by atoms with Crippen LogP contribution in [0.5, 0.6) is 0 Å². The van der Waals surface area contributed by atoms with Crippen molar-refractivity contribution in [1.29, 1.82) is 0 Å². The predicted molar refractivity (Wildman–Crippen MR) is 113 cm³/mol. The Balaban J connectivity index is 1.71. The average Bonchev–Trinajstić information content (AvgIpc) is 3.20. The molecule has 1 aromatic heterocycles. The molecule has 0 saturated heterocycles. The standard InChI is InChI=1S/C20H15N3O6S/c1-11-14(19(25)26)6-3-7-15(11)21-20(30)22-18(24)17-9-8-16(29-17)12-4-2-5-13(10-12)23(27)28/h2-10H,1H3,(H,25,26)(H2,21,22,24,30). The number of nitro benzene ring substituents is 1. The minimum absolute atomic E-state index is 0.0427. The van der Waals surface area contributed by atoms with Crippen LogP contribution in [-0.2, 0) is 0 Å². The lowest BCUT2D eigenvalue weighted by atomic mass is 10.1. The van der Waals surface area contributed by atoms with Crippen molar-refractivity contribution in [3.05, 3.63) is 81.6 Å². The van der Waals surface area contributed by atoms with Crippen LogP contribution in [0.15, 0.2) is 59.0 Å². The molecular weight excluding hydrogens is 410 g/mol. The number of carbonyl (C=O) groups is 2. The van der Waals surface area contributed by atoms with Crippen LogP contribution in [-0.4, -0.2) is 27.0 Å². The quantitative estimate of drug-likeness (QED) is 0.317. The fourth-order valence-electron chi connectivity index (χ4n) is 2.71. The highest BCUT2D eigenvalue weighted by Crippen LogP contribution is 2.26. The average molecular weight is 425 g/mol. The Labute approximate surface area is 175 Å². The Hall–Kier alpha value is -4.05. The molecule has 0 atom stereocenters. The number of amides is 1. The van der Waals surface area contributed by atoms with Gasteiger partial charge in [-0.05, 0) is 49.0 Å². The van der Waals surface area contributed by atoms with Gasteiger partial charge in [0.25, 0.3) is 11.6 Å². The van der Waals surface area contributed by atoms with E-state index in [-0.39, 0.29) is 27.9 Å². The van der Waals surface area contributed by atoms with Crippen molar-refractivity contribution in [2.75, 3.05) is 5.32 Å². The van der Waals surface area contributed by atoms with E-state index in [1.54, 1.807) is 25.1 Å². The van der Waals surface area contributed by atoms with Crippen LogP contribution in [0.3, 0.4) is 0 Å². The van der Waals surface area contributed by atoms with E-state index >= 15 is 0 Å². The van der Waals surface area contributed by atoms with Gasteiger partial charge in [-0.25, -0.2) is 4.79 Å². The summed E-state index contributed by atoms with van der Waals surface area (Å²) in [7, 11) is 0. The van der Waals surface area contributed by atoms with Gasteiger partial charge in [-0.1, -0.05) is 18.2 Å². The zero-order chi connectivity index (χ0) is 21.8. The minimum atomic E-state index is -1.07. The maximum Gasteiger partial charge on any atom is 0.336 e. The number of rotatable bonds is 5. The summed E-state index contributed by atoms with van der Waals surface area (Å²) in [5.41, 5.74) is 1.37. The molecule has 10 heteroatoms. The maximum atomic E-state index is 12.4. The minimum Gasteiger partial charge on any atom is -0.478 e.